The van der Waals surface area contributed by atoms with Gasteiger partial charge in [-0.05, 0) is 6.92 Å². The summed E-state index contributed by atoms with van der Waals surface area (Å²) < 4.78 is 9.71. The zero-order valence-electron chi connectivity index (χ0n) is 9.69. The molecule has 1 saturated heterocycles. The third-order valence-electron chi connectivity index (χ3n) is 2.39. The first-order valence-corrected chi connectivity index (χ1v) is 5.36. The topological polar surface area (TPSA) is 67.9 Å². The van der Waals surface area contributed by atoms with Crippen LogP contribution in [0.25, 0.3) is 0 Å². The summed E-state index contributed by atoms with van der Waals surface area (Å²) >= 11 is 0. The monoisotopic (exact) mass is 230 g/mol. The molecular formula is C10H18N2O4. The van der Waals surface area contributed by atoms with Crippen LogP contribution in [-0.4, -0.2) is 62.8 Å². The van der Waals surface area contributed by atoms with Gasteiger partial charge in [-0.3, -0.25) is 4.79 Å². The van der Waals surface area contributed by atoms with E-state index in [1.165, 1.54) is 12.0 Å². The number of hydrogen-bond acceptors (Lipinski definition) is 5. The van der Waals surface area contributed by atoms with E-state index in [0.717, 1.165) is 0 Å². The maximum absolute atomic E-state index is 11.7. The molecule has 1 fully saturated rings. The van der Waals surface area contributed by atoms with Crippen molar-refractivity contribution in [1.82, 2.24) is 10.2 Å². The molecule has 0 aromatic rings. The lowest BCUT2D eigenvalue weighted by Crippen LogP contribution is -2.58. The molecule has 0 radical (unpaired) electrons. The van der Waals surface area contributed by atoms with Crippen LogP contribution >= 0.6 is 0 Å². The summed E-state index contributed by atoms with van der Waals surface area (Å²) in [6, 6.07) is -0.531. The number of methoxy groups -OCH3 is 1. The number of nitrogens with zero attached hydrogens (tertiary/aromatic N) is 1. The molecule has 1 N–H and O–H groups in total. The molecule has 0 aromatic carbocycles. The number of carbonyl (C=O) groups is 2. The van der Waals surface area contributed by atoms with E-state index in [-0.39, 0.29) is 18.5 Å². The summed E-state index contributed by atoms with van der Waals surface area (Å²) in [5.41, 5.74) is 0. The molecule has 16 heavy (non-hydrogen) atoms. The van der Waals surface area contributed by atoms with Crippen LogP contribution in [0, 0.1) is 0 Å². The highest BCUT2D eigenvalue weighted by atomic mass is 16.5. The molecule has 0 bridgehead atoms. The first-order valence-electron chi connectivity index (χ1n) is 5.36. The molecule has 1 amide bonds. The lowest BCUT2D eigenvalue weighted by molar-refractivity contribution is -0.157. The van der Waals surface area contributed by atoms with Gasteiger partial charge < -0.3 is 19.7 Å². The standard InChI is InChI=1S/C10H18N2O4/c1-3-16-10(14)8-6-11-4-5-12(8)9(13)7-15-2/h8,11H,3-7H2,1-2H3. The third-order valence-corrected chi connectivity index (χ3v) is 2.39. The number of piperazine rings is 1. The van der Waals surface area contributed by atoms with Crippen molar-refractivity contribution in [3.05, 3.63) is 0 Å². The van der Waals surface area contributed by atoms with E-state index in [9.17, 15) is 9.59 Å². The van der Waals surface area contributed by atoms with Crippen molar-refractivity contribution >= 4 is 11.9 Å². The van der Waals surface area contributed by atoms with E-state index in [0.29, 0.717) is 26.2 Å². The molecule has 6 nitrogen and oxygen atoms in total. The quantitative estimate of drug-likeness (QED) is 0.627. The van der Waals surface area contributed by atoms with Gasteiger partial charge in [-0.15, -0.1) is 0 Å². The Kier molecular flexibility index (Phi) is 5.21. The van der Waals surface area contributed by atoms with E-state index >= 15 is 0 Å². The van der Waals surface area contributed by atoms with E-state index in [1.807, 2.05) is 0 Å². The maximum Gasteiger partial charge on any atom is 0.330 e. The molecule has 92 valence electrons. The first kappa shape index (κ1) is 12.9. The SMILES string of the molecule is CCOC(=O)C1CNCCN1C(=O)COC. The number of esters is 1. The molecule has 0 aliphatic carbocycles. The summed E-state index contributed by atoms with van der Waals surface area (Å²) in [6.07, 6.45) is 0. The summed E-state index contributed by atoms with van der Waals surface area (Å²) in [7, 11) is 1.46. The molecular weight excluding hydrogens is 212 g/mol. The van der Waals surface area contributed by atoms with Crippen LogP contribution in [0.3, 0.4) is 0 Å². The van der Waals surface area contributed by atoms with Gasteiger partial charge in [-0.25, -0.2) is 4.79 Å². The molecule has 0 aromatic heterocycles. The largest absolute Gasteiger partial charge is 0.464 e. The van der Waals surface area contributed by atoms with Gasteiger partial charge in [0.2, 0.25) is 5.91 Å². The van der Waals surface area contributed by atoms with Crippen LogP contribution in [0.5, 0.6) is 0 Å². The van der Waals surface area contributed by atoms with E-state index in [1.54, 1.807) is 6.92 Å². The number of hydrogen-bond donors (Lipinski definition) is 1. The van der Waals surface area contributed by atoms with Crippen LogP contribution in [0.15, 0.2) is 0 Å². The van der Waals surface area contributed by atoms with Gasteiger partial charge >= 0.3 is 5.97 Å². The Morgan fingerprint density at radius 3 is 2.88 bits per heavy atom. The van der Waals surface area contributed by atoms with Gasteiger partial charge in [-0.2, -0.15) is 0 Å². The lowest BCUT2D eigenvalue weighted by Gasteiger charge is -2.34. The average molecular weight is 230 g/mol. The minimum absolute atomic E-state index is 0.00406. The Bertz CT molecular complexity index is 231. The Labute approximate surface area is 94.9 Å². The van der Waals surface area contributed by atoms with Crippen molar-refractivity contribution in [2.24, 2.45) is 0 Å². The van der Waals surface area contributed by atoms with Gasteiger partial charge in [0.15, 0.2) is 0 Å². The van der Waals surface area contributed by atoms with Crippen LogP contribution < -0.4 is 5.32 Å². The molecule has 1 unspecified atom stereocenters. The fourth-order valence-electron chi connectivity index (χ4n) is 1.66. The van der Waals surface area contributed by atoms with Crippen molar-refractivity contribution in [1.29, 1.82) is 0 Å². The Morgan fingerprint density at radius 2 is 2.25 bits per heavy atom. The van der Waals surface area contributed by atoms with Crippen LogP contribution in [0.1, 0.15) is 6.92 Å². The summed E-state index contributed by atoms with van der Waals surface area (Å²) in [6.45, 7) is 3.69. The summed E-state index contributed by atoms with van der Waals surface area (Å²) in [5.74, 6) is -0.541. The van der Waals surface area contributed by atoms with Crippen LogP contribution in [-0.2, 0) is 19.1 Å². The van der Waals surface area contributed by atoms with Crippen molar-refractivity contribution in [3.8, 4) is 0 Å². The minimum atomic E-state index is -0.531. The normalized spacial score (nSPS) is 20.6. The summed E-state index contributed by atoms with van der Waals surface area (Å²) in [5, 5.41) is 3.07. The number of amides is 1. The fraction of sp³-hybridized carbons (Fsp3) is 0.800. The van der Waals surface area contributed by atoms with Crippen LogP contribution in [0.2, 0.25) is 0 Å². The second-order valence-corrected chi connectivity index (χ2v) is 3.49. The minimum Gasteiger partial charge on any atom is -0.464 e. The van der Waals surface area contributed by atoms with Gasteiger partial charge in [0.25, 0.3) is 0 Å². The zero-order valence-corrected chi connectivity index (χ0v) is 9.69. The number of nitrogens with one attached hydrogen (secondary N) is 1. The Morgan fingerprint density at radius 1 is 1.50 bits per heavy atom. The molecule has 1 aliphatic rings. The van der Waals surface area contributed by atoms with Gasteiger partial charge in [0.1, 0.15) is 12.6 Å². The molecule has 0 spiro atoms. The smallest absolute Gasteiger partial charge is 0.330 e. The summed E-state index contributed by atoms with van der Waals surface area (Å²) in [4.78, 5) is 24.8. The van der Waals surface area contributed by atoms with E-state index < -0.39 is 6.04 Å². The molecule has 0 saturated carbocycles. The molecule has 1 heterocycles. The lowest BCUT2D eigenvalue weighted by atomic mass is 10.2. The van der Waals surface area contributed by atoms with E-state index in [4.69, 9.17) is 9.47 Å². The first-order chi connectivity index (χ1) is 7.70. The van der Waals surface area contributed by atoms with Crippen molar-refractivity contribution in [2.75, 3.05) is 40.0 Å². The van der Waals surface area contributed by atoms with Crippen molar-refractivity contribution in [3.63, 3.8) is 0 Å². The highest BCUT2D eigenvalue weighted by Crippen LogP contribution is 2.06. The van der Waals surface area contributed by atoms with Crippen molar-refractivity contribution < 1.29 is 19.1 Å². The molecule has 1 atom stereocenters. The highest BCUT2D eigenvalue weighted by molar-refractivity contribution is 5.85. The van der Waals surface area contributed by atoms with Gasteiger partial charge in [-0.1, -0.05) is 0 Å². The van der Waals surface area contributed by atoms with Crippen molar-refractivity contribution in [2.45, 2.75) is 13.0 Å². The zero-order chi connectivity index (χ0) is 12.0. The van der Waals surface area contributed by atoms with Gasteiger partial charge in [0.05, 0.1) is 6.61 Å². The number of rotatable bonds is 4. The number of ether oxygens (including phenoxy) is 2. The maximum atomic E-state index is 11.7. The highest BCUT2D eigenvalue weighted by Gasteiger charge is 2.32. The second kappa shape index (κ2) is 6.44. The van der Waals surface area contributed by atoms with Gasteiger partial charge in [0, 0.05) is 26.7 Å². The third kappa shape index (κ3) is 3.18. The average Bonchev–Trinajstić information content (AvgIpc) is 2.30. The van der Waals surface area contributed by atoms with Crippen LogP contribution in [0.4, 0.5) is 0 Å². The molecule has 1 aliphatic heterocycles. The fourth-order valence-corrected chi connectivity index (χ4v) is 1.66. The second-order valence-electron chi connectivity index (χ2n) is 3.49. The Balaban J connectivity index is 2.63. The molecule has 1 rings (SSSR count). The predicted molar refractivity (Wildman–Crippen MR) is 56.9 cm³/mol. The molecule has 6 heteroatoms. The number of carbonyl (C=O) groups excluding carboxylic acids is 2. The predicted octanol–water partition coefficient (Wildman–Crippen LogP) is -1.00. The Hall–Kier alpha value is -1.14. The van der Waals surface area contributed by atoms with E-state index in [2.05, 4.69) is 5.32 Å².